The van der Waals surface area contributed by atoms with Gasteiger partial charge in [0.25, 0.3) is 0 Å². The normalized spacial score (nSPS) is 34.1. The molecule has 10 aliphatic rings. The fraction of sp³-hybridized carbons (Fsp3) is 0.333. The molecule has 5 unspecified atom stereocenters. The highest BCUT2D eigenvalue weighted by Gasteiger charge is 2.82. The predicted octanol–water partition coefficient (Wildman–Crippen LogP) is 16.1. The smallest absolute Gasteiger partial charge is 0.0473 e. The summed E-state index contributed by atoms with van der Waals surface area (Å²) in [5, 5.41) is 0. The van der Waals surface area contributed by atoms with Gasteiger partial charge in [-0.2, -0.15) is 0 Å². The molecule has 10 aliphatic carbocycles. The van der Waals surface area contributed by atoms with Crippen LogP contribution < -0.4 is 4.90 Å². The van der Waals surface area contributed by atoms with E-state index < -0.39 is 0 Å². The van der Waals surface area contributed by atoms with Crippen LogP contribution in [0.4, 0.5) is 17.1 Å². The molecule has 64 heavy (non-hydrogen) atoms. The van der Waals surface area contributed by atoms with E-state index in [0.29, 0.717) is 17.3 Å². The molecule has 17 rings (SSSR count). The Labute approximate surface area is 378 Å². The van der Waals surface area contributed by atoms with E-state index in [1.54, 1.807) is 22.3 Å². The van der Waals surface area contributed by atoms with Crippen molar-refractivity contribution < 1.29 is 0 Å². The van der Waals surface area contributed by atoms with Crippen LogP contribution in [0.5, 0.6) is 0 Å². The average Bonchev–Trinajstić information content (AvgIpc) is 3.89. The van der Waals surface area contributed by atoms with Gasteiger partial charge in [-0.15, -0.1) is 0 Å². The van der Waals surface area contributed by atoms with Crippen LogP contribution in [-0.4, -0.2) is 0 Å². The van der Waals surface area contributed by atoms with Gasteiger partial charge in [0, 0.05) is 22.5 Å². The van der Waals surface area contributed by atoms with Crippen molar-refractivity contribution in [2.45, 2.75) is 75.0 Å². The van der Waals surface area contributed by atoms with Gasteiger partial charge in [0.2, 0.25) is 0 Å². The summed E-state index contributed by atoms with van der Waals surface area (Å²) >= 11 is 0. The zero-order valence-electron chi connectivity index (χ0n) is 36.7. The molecule has 0 aromatic heterocycles. The van der Waals surface area contributed by atoms with E-state index >= 15 is 0 Å². The molecule has 8 saturated carbocycles. The molecule has 0 N–H and O–H groups in total. The number of anilines is 3. The lowest BCUT2D eigenvalue weighted by atomic mass is 9.34. The summed E-state index contributed by atoms with van der Waals surface area (Å²) in [5.41, 5.74) is 22.0. The molecule has 6 bridgehead atoms. The van der Waals surface area contributed by atoms with Crippen LogP contribution in [0.25, 0.3) is 44.5 Å². The molecule has 7 aromatic rings. The lowest BCUT2D eigenvalue weighted by Crippen LogP contribution is -2.65. The van der Waals surface area contributed by atoms with Gasteiger partial charge in [-0.3, -0.25) is 0 Å². The summed E-state index contributed by atoms with van der Waals surface area (Å²) in [6.07, 6.45) is 13.1. The molecular formula is C63H55N. The first-order valence-electron chi connectivity index (χ1n) is 25.2. The van der Waals surface area contributed by atoms with Crippen LogP contribution in [0.2, 0.25) is 0 Å². The molecule has 0 radical (unpaired) electrons. The third kappa shape index (κ3) is 4.43. The maximum absolute atomic E-state index is 2.64. The minimum atomic E-state index is 0.180. The molecule has 0 heterocycles. The van der Waals surface area contributed by atoms with Crippen molar-refractivity contribution in [2.24, 2.45) is 52.8 Å². The van der Waals surface area contributed by atoms with Crippen molar-refractivity contribution in [3.63, 3.8) is 0 Å². The van der Waals surface area contributed by atoms with Crippen molar-refractivity contribution >= 4 is 17.1 Å². The Morgan fingerprint density at radius 3 is 1.62 bits per heavy atom. The number of hydrogen-bond acceptors (Lipinski definition) is 1. The van der Waals surface area contributed by atoms with Crippen LogP contribution in [-0.2, 0) is 5.41 Å². The zero-order chi connectivity index (χ0) is 41.5. The minimum absolute atomic E-state index is 0.180. The van der Waals surface area contributed by atoms with E-state index in [1.165, 1.54) is 119 Å². The van der Waals surface area contributed by atoms with Crippen molar-refractivity contribution in [1.82, 2.24) is 0 Å². The van der Waals surface area contributed by atoms with E-state index in [2.05, 4.69) is 169 Å². The number of fused-ring (bicyclic) bond motifs is 11. The Balaban J connectivity index is 0.920. The molecule has 2 spiro atoms. The topological polar surface area (TPSA) is 3.24 Å². The van der Waals surface area contributed by atoms with Gasteiger partial charge in [0.15, 0.2) is 0 Å². The van der Waals surface area contributed by atoms with Gasteiger partial charge in [-0.25, -0.2) is 0 Å². The van der Waals surface area contributed by atoms with E-state index in [1.807, 2.05) is 0 Å². The summed E-state index contributed by atoms with van der Waals surface area (Å²) in [6.45, 7) is 0. The molecule has 0 amide bonds. The number of rotatable bonds is 5. The number of hydrogen-bond donors (Lipinski definition) is 0. The van der Waals surface area contributed by atoms with Gasteiger partial charge in [0.05, 0.1) is 0 Å². The highest BCUT2D eigenvalue weighted by Crippen LogP contribution is 2.88. The Morgan fingerprint density at radius 1 is 0.375 bits per heavy atom. The van der Waals surface area contributed by atoms with Crippen LogP contribution in [0.1, 0.15) is 91.9 Å². The molecule has 12 atom stereocenters. The second-order valence-electron chi connectivity index (χ2n) is 22.5. The van der Waals surface area contributed by atoms with E-state index in [4.69, 9.17) is 0 Å². The molecule has 1 heteroatoms. The summed E-state index contributed by atoms with van der Waals surface area (Å²) in [7, 11) is 0. The molecule has 312 valence electrons. The highest BCUT2D eigenvalue weighted by molar-refractivity contribution is 5.91. The van der Waals surface area contributed by atoms with Gasteiger partial charge in [-0.05, 0) is 232 Å². The molecular weight excluding hydrogens is 771 g/mol. The lowest BCUT2D eigenvalue weighted by molar-refractivity contribution is -0.193. The van der Waals surface area contributed by atoms with Crippen LogP contribution in [0.3, 0.4) is 0 Å². The van der Waals surface area contributed by atoms with Crippen LogP contribution in [0.15, 0.2) is 164 Å². The average molecular weight is 826 g/mol. The maximum atomic E-state index is 2.64. The first kappa shape index (κ1) is 35.7. The van der Waals surface area contributed by atoms with Gasteiger partial charge in [0.1, 0.15) is 0 Å². The van der Waals surface area contributed by atoms with Crippen molar-refractivity contribution in [1.29, 1.82) is 0 Å². The fourth-order valence-electron chi connectivity index (χ4n) is 18.4. The van der Waals surface area contributed by atoms with E-state index in [9.17, 15) is 0 Å². The largest absolute Gasteiger partial charge is 0.310 e. The quantitative estimate of drug-likeness (QED) is 0.167. The predicted molar refractivity (Wildman–Crippen MR) is 261 cm³/mol. The number of nitrogens with zero attached hydrogens (tertiary/aromatic N) is 1. The third-order valence-corrected chi connectivity index (χ3v) is 20.3. The SMILES string of the molecule is c1ccc(-c2cc(-c3ccccc3)cc(N(c3ccc4c(c3)-c3ccccc3[C@@H]3C5CC6CC(C[C@H](C6)C5)[C@@H]43)c3ccc4c(c3)-c3ccccc3[C@]43[C@@H]4C[C@H]5CC6C[C@@H]3C65C4)c2)cc1. The second-order valence-corrected chi connectivity index (χ2v) is 22.5. The van der Waals surface area contributed by atoms with Gasteiger partial charge in [-0.1, -0.05) is 121 Å². The Kier molecular flexibility index (Phi) is 7.00. The van der Waals surface area contributed by atoms with Crippen LogP contribution in [0, 0.1) is 52.8 Å². The molecule has 8 fully saturated rings. The molecule has 1 nitrogen and oxygen atoms in total. The van der Waals surface area contributed by atoms with Crippen LogP contribution >= 0.6 is 0 Å². The van der Waals surface area contributed by atoms with Gasteiger partial charge >= 0.3 is 0 Å². The zero-order valence-corrected chi connectivity index (χ0v) is 36.7. The van der Waals surface area contributed by atoms with E-state index in [0.717, 1.165) is 47.3 Å². The minimum Gasteiger partial charge on any atom is -0.310 e. The summed E-state index contributed by atoms with van der Waals surface area (Å²) in [5.74, 6) is 8.29. The van der Waals surface area contributed by atoms with Crippen molar-refractivity contribution in [3.05, 3.63) is 186 Å². The standard InChI is InChI=1S/C63H55N/c1-3-11-39(12-4-1)41-28-42(40-13-5-2-6-14-40)30-50(29-41)64(48-19-21-54-55(34-48)51-15-7-8-17-53(51)60-43-24-37-23-38(25-43)27-44(26-37)61(54)60)49-20-22-58-56(35-49)52-16-9-10-18-57(52)63(58)47-32-45-31-46-33-59(63)62(45,46)36-47/h1-22,28-30,34-35,37-38,43-47,59-61H,23-27,31-33,36H2/t37-,38?,43?,44?,45-,46?,47-,59-,60+,61+,62?,63-/m1/s1. The van der Waals surface area contributed by atoms with Gasteiger partial charge < -0.3 is 4.90 Å². The fourth-order valence-corrected chi connectivity index (χ4v) is 18.4. The first-order chi connectivity index (χ1) is 31.6. The third-order valence-electron chi connectivity index (χ3n) is 20.3. The molecule has 0 saturated heterocycles. The van der Waals surface area contributed by atoms with Crippen molar-refractivity contribution in [2.75, 3.05) is 4.90 Å². The van der Waals surface area contributed by atoms with E-state index in [-0.39, 0.29) is 5.41 Å². The molecule has 7 aromatic carbocycles. The summed E-state index contributed by atoms with van der Waals surface area (Å²) < 4.78 is 0. The lowest BCUT2D eigenvalue weighted by Gasteiger charge is -2.70. The summed E-state index contributed by atoms with van der Waals surface area (Å²) in [6, 6.07) is 64.3. The Hall–Kier alpha value is -5.66. The maximum Gasteiger partial charge on any atom is 0.0473 e. The number of benzene rings is 7. The Bertz CT molecular complexity index is 3020. The van der Waals surface area contributed by atoms with Crippen molar-refractivity contribution in [3.8, 4) is 44.5 Å². The monoisotopic (exact) mass is 825 g/mol. The first-order valence-corrected chi connectivity index (χ1v) is 25.2. The molecule has 0 aliphatic heterocycles. The second kappa shape index (κ2) is 12.6. The Morgan fingerprint density at radius 2 is 0.938 bits per heavy atom. The summed E-state index contributed by atoms with van der Waals surface area (Å²) in [4.78, 5) is 2.64. The highest BCUT2D eigenvalue weighted by atomic mass is 15.1.